The Kier molecular flexibility index (Phi) is 5.37. The fourth-order valence-corrected chi connectivity index (χ4v) is 2.97. The van der Waals surface area contributed by atoms with Gasteiger partial charge in [0.25, 0.3) is 0 Å². The predicted octanol–water partition coefficient (Wildman–Crippen LogP) is 2.37. The first kappa shape index (κ1) is 16.0. The number of phenols is 1. The Morgan fingerprint density at radius 1 is 1.38 bits per heavy atom. The number of carbonyl (C=O) groups excluding carboxylic acids is 1. The number of aromatic hydroxyl groups is 1. The summed E-state index contributed by atoms with van der Waals surface area (Å²) in [5.74, 6) is 1.04. The quantitative estimate of drug-likeness (QED) is 0.846. The molecule has 4 heteroatoms. The van der Waals surface area contributed by atoms with Gasteiger partial charge in [-0.05, 0) is 71.1 Å². The summed E-state index contributed by atoms with van der Waals surface area (Å²) < 4.78 is 0. The maximum Gasteiger partial charge on any atom is 0.159 e. The Morgan fingerprint density at radius 3 is 2.67 bits per heavy atom. The summed E-state index contributed by atoms with van der Waals surface area (Å²) in [4.78, 5) is 16.1. The number of rotatable bonds is 5. The van der Waals surface area contributed by atoms with Crippen molar-refractivity contribution in [2.24, 2.45) is 5.92 Å². The first-order valence-electron chi connectivity index (χ1n) is 7.65. The van der Waals surface area contributed by atoms with Gasteiger partial charge < -0.3 is 14.9 Å². The van der Waals surface area contributed by atoms with Crippen LogP contribution in [0.25, 0.3) is 0 Å². The number of hydrogen-bond acceptors (Lipinski definition) is 4. The smallest absolute Gasteiger partial charge is 0.159 e. The van der Waals surface area contributed by atoms with Crippen molar-refractivity contribution in [2.75, 3.05) is 33.7 Å². The molecule has 1 aliphatic rings. The lowest BCUT2D eigenvalue weighted by molar-refractivity contribution is 0.101. The van der Waals surface area contributed by atoms with Gasteiger partial charge in [-0.1, -0.05) is 0 Å². The Hall–Kier alpha value is -1.39. The van der Waals surface area contributed by atoms with E-state index in [1.54, 1.807) is 19.1 Å². The molecule has 0 atom stereocenters. The second-order valence-corrected chi connectivity index (χ2v) is 6.34. The molecule has 0 spiro atoms. The lowest BCUT2D eigenvalue weighted by Gasteiger charge is -2.31. The minimum Gasteiger partial charge on any atom is -0.508 e. The molecule has 1 N–H and O–H groups in total. The van der Waals surface area contributed by atoms with Gasteiger partial charge in [0.1, 0.15) is 5.75 Å². The lowest BCUT2D eigenvalue weighted by atomic mass is 9.96. The van der Waals surface area contributed by atoms with Crippen molar-refractivity contribution in [1.29, 1.82) is 0 Å². The van der Waals surface area contributed by atoms with E-state index in [1.165, 1.54) is 25.9 Å². The van der Waals surface area contributed by atoms with Crippen LogP contribution >= 0.6 is 0 Å². The van der Waals surface area contributed by atoms with Gasteiger partial charge in [0.2, 0.25) is 0 Å². The van der Waals surface area contributed by atoms with Crippen LogP contribution in [-0.2, 0) is 6.54 Å². The summed E-state index contributed by atoms with van der Waals surface area (Å²) >= 11 is 0. The average Bonchev–Trinajstić information content (AvgIpc) is 2.43. The molecule has 1 saturated heterocycles. The van der Waals surface area contributed by atoms with Gasteiger partial charge in [0.05, 0.1) is 0 Å². The average molecular weight is 290 g/mol. The third kappa shape index (κ3) is 4.55. The predicted molar refractivity (Wildman–Crippen MR) is 84.7 cm³/mol. The maximum absolute atomic E-state index is 11.4. The van der Waals surface area contributed by atoms with Crippen LogP contribution in [-0.4, -0.2) is 54.4 Å². The highest BCUT2D eigenvalue weighted by Gasteiger charge is 2.18. The zero-order chi connectivity index (χ0) is 15.4. The van der Waals surface area contributed by atoms with Crippen LogP contribution < -0.4 is 0 Å². The molecule has 0 radical (unpaired) electrons. The first-order valence-corrected chi connectivity index (χ1v) is 7.65. The molecule has 0 amide bonds. The standard InChI is InChI=1S/C17H26N2O2/c1-13(20)15-4-5-17(21)16(10-15)12-19(3)11-14-6-8-18(2)9-7-14/h4-5,10,14,21H,6-9,11-12H2,1-3H3. The Morgan fingerprint density at radius 2 is 2.05 bits per heavy atom. The van der Waals surface area contributed by atoms with Crippen molar-refractivity contribution >= 4 is 5.78 Å². The molecule has 0 unspecified atom stereocenters. The number of phenolic OH excluding ortho intramolecular Hbond substituents is 1. The van der Waals surface area contributed by atoms with Gasteiger partial charge >= 0.3 is 0 Å². The minimum atomic E-state index is 0.0363. The van der Waals surface area contributed by atoms with Crippen molar-refractivity contribution in [3.05, 3.63) is 29.3 Å². The van der Waals surface area contributed by atoms with E-state index in [1.807, 2.05) is 6.07 Å². The van der Waals surface area contributed by atoms with Gasteiger partial charge in [-0.3, -0.25) is 4.79 Å². The largest absolute Gasteiger partial charge is 0.508 e. The van der Waals surface area contributed by atoms with Gasteiger partial charge in [-0.15, -0.1) is 0 Å². The maximum atomic E-state index is 11.4. The molecule has 4 nitrogen and oxygen atoms in total. The summed E-state index contributed by atoms with van der Waals surface area (Å²) in [5, 5.41) is 9.96. The molecular weight excluding hydrogens is 264 g/mol. The Bertz CT molecular complexity index is 494. The highest BCUT2D eigenvalue weighted by molar-refractivity contribution is 5.94. The van der Waals surface area contributed by atoms with Crippen molar-refractivity contribution in [1.82, 2.24) is 9.80 Å². The van der Waals surface area contributed by atoms with E-state index >= 15 is 0 Å². The number of likely N-dealkylation sites (tertiary alicyclic amines) is 1. The van der Waals surface area contributed by atoms with Crippen LogP contribution in [0.15, 0.2) is 18.2 Å². The van der Waals surface area contributed by atoms with E-state index in [9.17, 15) is 9.90 Å². The lowest BCUT2D eigenvalue weighted by Crippen LogP contribution is -2.35. The first-order chi connectivity index (χ1) is 9.95. The normalized spacial score (nSPS) is 17.3. The number of benzene rings is 1. The van der Waals surface area contributed by atoms with E-state index in [-0.39, 0.29) is 11.5 Å². The number of Topliss-reactive ketones (excluding diaryl/α,β-unsaturated/α-hetero) is 1. The molecule has 1 aromatic carbocycles. The van der Waals surface area contributed by atoms with Gasteiger partial charge in [-0.25, -0.2) is 0 Å². The highest BCUT2D eigenvalue weighted by Crippen LogP contribution is 2.22. The van der Waals surface area contributed by atoms with E-state index < -0.39 is 0 Å². The van der Waals surface area contributed by atoms with E-state index in [2.05, 4.69) is 23.9 Å². The fourth-order valence-electron chi connectivity index (χ4n) is 2.97. The second-order valence-electron chi connectivity index (χ2n) is 6.34. The minimum absolute atomic E-state index is 0.0363. The van der Waals surface area contributed by atoms with Crippen molar-refractivity contribution < 1.29 is 9.90 Å². The van der Waals surface area contributed by atoms with Gasteiger partial charge in [0, 0.05) is 24.2 Å². The molecule has 1 aliphatic heterocycles. The number of carbonyl (C=O) groups is 1. The van der Waals surface area contributed by atoms with Crippen LogP contribution in [0.5, 0.6) is 5.75 Å². The third-order valence-electron chi connectivity index (χ3n) is 4.33. The van der Waals surface area contributed by atoms with Gasteiger partial charge in [0.15, 0.2) is 5.78 Å². The number of ketones is 1. The molecule has 0 bridgehead atoms. The van der Waals surface area contributed by atoms with Crippen LogP contribution in [0.3, 0.4) is 0 Å². The molecule has 1 aromatic rings. The monoisotopic (exact) mass is 290 g/mol. The summed E-state index contributed by atoms with van der Waals surface area (Å²) in [7, 11) is 4.25. The third-order valence-corrected chi connectivity index (χ3v) is 4.33. The topological polar surface area (TPSA) is 43.8 Å². The second kappa shape index (κ2) is 7.05. The number of nitrogens with zero attached hydrogens (tertiary/aromatic N) is 2. The van der Waals surface area contributed by atoms with E-state index in [4.69, 9.17) is 0 Å². The molecule has 0 aromatic heterocycles. The Labute approximate surface area is 127 Å². The molecule has 21 heavy (non-hydrogen) atoms. The molecular formula is C17H26N2O2. The molecule has 0 aliphatic carbocycles. The number of piperidine rings is 1. The molecule has 0 saturated carbocycles. The van der Waals surface area contributed by atoms with E-state index in [0.717, 1.165) is 18.0 Å². The van der Waals surface area contributed by atoms with Crippen LogP contribution in [0.2, 0.25) is 0 Å². The zero-order valence-electron chi connectivity index (χ0n) is 13.3. The van der Waals surface area contributed by atoms with Crippen molar-refractivity contribution in [3.63, 3.8) is 0 Å². The van der Waals surface area contributed by atoms with Crippen LogP contribution in [0.4, 0.5) is 0 Å². The Balaban J connectivity index is 1.94. The van der Waals surface area contributed by atoms with Crippen molar-refractivity contribution in [2.45, 2.75) is 26.3 Å². The van der Waals surface area contributed by atoms with Crippen LogP contribution in [0.1, 0.15) is 35.7 Å². The molecule has 116 valence electrons. The summed E-state index contributed by atoms with van der Waals surface area (Å²) in [6.45, 7) is 5.61. The van der Waals surface area contributed by atoms with Gasteiger partial charge in [-0.2, -0.15) is 0 Å². The van der Waals surface area contributed by atoms with Crippen LogP contribution in [0, 0.1) is 5.92 Å². The highest BCUT2D eigenvalue weighted by atomic mass is 16.3. The number of hydrogen-bond donors (Lipinski definition) is 1. The van der Waals surface area contributed by atoms with Crippen molar-refractivity contribution in [3.8, 4) is 5.75 Å². The SMILES string of the molecule is CC(=O)c1ccc(O)c(CN(C)CC2CCN(C)CC2)c1. The summed E-state index contributed by atoms with van der Waals surface area (Å²) in [6, 6.07) is 5.11. The summed E-state index contributed by atoms with van der Waals surface area (Å²) in [5.41, 5.74) is 1.49. The van der Waals surface area contributed by atoms with E-state index in [0.29, 0.717) is 12.1 Å². The molecule has 1 fully saturated rings. The molecule has 2 rings (SSSR count). The summed E-state index contributed by atoms with van der Waals surface area (Å²) in [6.07, 6.45) is 2.47. The fraction of sp³-hybridized carbons (Fsp3) is 0.588. The zero-order valence-corrected chi connectivity index (χ0v) is 13.3. The molecule has 1 heterocycles.